The van der Waals surface area contributed by atoms with E-state index in [2.05, 4.69) is 0 Å². The standard InChI is InChI=1S/C8H14O2S/c9-11(10)5-7-2-1-6-3-4-8(6)7/h6-8H,1-5H2,(H,9,10)/p-1/t6?,7-,8?/m1/s1. The highest BCUT2D eigenvalue weighted by Gasteiger charge is 2.41. The molecule has 0 bridgehead atoms. The second kappa shape index (κ2) is 2.87. The zero-order chi connectivity index (χ0) is 7.84. The van der Waals surface area contributed by atoms with Gasteiger partial charge in [0.1, 0.15) is 0 Å². The van der Waals surface area contributed by atoms with Gasteiger partial charge in [0.05, 0.1) is 0 Å². The molecular weight excluding hydrogens is 160 g/mol. The third-order valence-corrected chi connectivity index (χ3v) is 4.04. The molecule has 0 amide bonds. The fourth-order valence-corrected chi connectivity index (χ4v) is 3.36. The lowest BCUT2D eigenvalue weighted by Crippen LogP contribution is -2.27. The van der Waals surface area contributed by atoms with E-state index in [4.69, 9.17) is 0 Å². The Labute approximate surface area is 69.7 Å². The Morgan fingerprint density at radius 3 is 2.45 bits per heavy atom. The van der Waals surface area contributed by atoms with Gasteiger partial charge < -0.3 is 4.55 Å². The zero-order valence-electron chi connectivity index (χ0n) is 6.49. The van der Waals surface area contributed by atoms with Gasteiger partial charge in [0, 0.05) is 5.75 Å². The van der Waals surface area contributed by atoms with E-state index in [9.17, 15) is 8.76 Å². The summed E-state index contributed by atoms with van der Waals surface area (Å²) in [6, 6.07) is 0. The lowest BCUT2D eigenvalue weighted by atomic mass is 9.73. The molecule has 0 heterocycles. The highest BCUT2D eigenvalue weighted by atomic mass is 32.2. The van der Waals surface area contributed by atoms with Crippen molar-refractivity contribution in [3.05, 3.63) is 0 Å². The topological polar surface area (TPSA) is 40.1 Å². The molecule has 0 aromatic carbocycles. The van der Waals surface area contributed by atoms with Crippen LogP contribution in [0.5, 0.6) is 0 Å². The van der Waals surface area contributed by atoms with Crippen molar-refractivity contribution in [2.24, 2.45) is 17.8 Å². The molecule has 3 heteroatoms. The molecule has 11 heavy (non-hydrogen) atoms. The molecule has 2 nitrogen and oxygen atoms in total. The van der Waals surface area contributed by atoms with Gasteiger partial charge in [-0.15, -0.1) is 0 Å². The largest absolute Gasteiger partial charge is 0.772 e. The maximum Gasteiger partial charge on any atom is 0.0133 e. The van der Waals surface area contributed by atoms with Crippen molar-refractivity contribution < 1.29 is 8.76 Å². The van der Waals surface area contributed by atoms with Crippen LogP contribution in [-0.4, -0.2) is 14.5 Å². The molecule has 2 aliphatic rings. The Bertz CT molecular complexity index is 181. The van der Waals surface area contributed by atoms with E-state index in [-0.39, 0.29) is 0 Å². The van der Waals surface area contributed by atoms with Gasteiger partial charge in [-0.25, -0.2) is 0 Å². The molecule has 4 atom stereocenters. The normalized spacial score (nSPS) is 44.6. The van der Waals surface area contributed by atoms with Gasteiger partial charge in [-0.05, 0) is 43.4 Å². The fourth-order valence-electron chi connectivity index (χ4n) is 2.60. The number of fused-ring (bicyclic) bond motifs is 1. The predicted octanol–water partition coefficient (Wildman–Crippen LogP) is 1.30. The molecule has 2 saturated carbocycles. The molecule has 0 aromatic heterocycles. The Kier molecular flexibility index (Phi) is 2.02. The monoisotopic (exact) mass is 173 g/mol. The highest BCUT2D eigenvalue weighted by Crippen LogP contribution is 2.50. The summed E-state index contributed by atoms with van der Waals surface area (Å²) in [5.41, 5.74) is 0. The summed E-state index contributed by atoms with van der Waals surface area (Å²) in [5, 5.41) is 0. The molecule has 2 aliphatic carbocycles. The number of hydrogen-bond acceptors (Lipinski definition) is 2. The first-order chi connectivity index (χ1) is 5.27. The minimum absolute atomic E-state index is 0.418. The van der Waals surface area contributed by atoms with Gasteiger partial charge in [-0.1, -0.05) is 11.1 Å². The van der Waals surface area contributed by atoms with E-state index in [1.54, 1.807) is 0 Å². The molecule has 0 aromatic rings. The van der Waals surface area contributed by atoms with Gasteiger partial charge in [-0.3, -0.25) is 4.21 Å². The summed E-state index contributed by atoms with van der Waals surface area (Å²) < 4.78 is 20.9. The predicted molar refractivity (Wildman–Crippen MR) is 42.7 cm³/mol. The minimum Gasteiger partial charge on any atom is -0.772 e. The molecular formula is C8H13O2S-. The Balaban J connectivity index is 1.90. The minimum atomic E-state index is -1.81. The summed E-state index contributed by atoms with van der Waals surface area (Å²) in [4.78, 5) is 0. The van der Waals surface area contributed by atoms with E-state index in [1.807, 2.05) is 0 Å². The SMILES string of the molecule is O=S([O-])C[C@H]1CCC2CCC21. The van der Waals surface area contributed by atoms with Crippen molar-refractivity contribution in [2.75, 3.05) is 5.75 Å². The Hall–Kier alpha value is 0.110. The molecule has 0 radical (unpaired) electrons. The van der Waals surface area contributed by atoms with Crippen LogP contribution in [0.3, 0.4) is 0 Å². The van der Waals surface area contributed by atoms with Gasteiger partial charge in [0.15, 0.2) is 0 Å². The van der Waals surface area contributed by atoms with Crippen LogP contribution in [0.1, 0.15) is 25.7 Å². The summed E-state index contributed by atoms with van der Waals surface area (Å²) in [7, 11) is 0. The van der Waals surface area contributed by atoms with Gasteiger partial charge in [-0.2, -0.15) is 0 Å². The summed E-state index contributed by atoms with van der Waals surface area (Å²) in [6.07, 6.45) is 5.08. The first kappa shape index (κ1) is 7.74. The van der Waals surface area contributed by atoms with E-state index < -0.39 is 11.1 Å². The Morgan fingerprint density at radius 1 is 1.27 bits per heavy atom. The van der Waals surface area contributed by atoms with Crippen LogP contribution in [0.25, 0.3) is 0 Å². The first-order valence-electron chi connectivity index (χ1n) is 4.33. The van der Waals surface area contributed by atoms with Crippen molar-refractivity contribution in [3.8, 4) is 0 Å². The molecule has 3 unspecified atom stereocenters. The number of hydrogen-bond donors (Lipinski definition) is 0. The van der Waals surface area contributed by atoms with Crippen LogP contribution in [0.2, 0.25) is 0 Å². The molecule has 0 spiro atoms. The van der Waals surface area contributed by atoms with E-state index in [0.717, 1.165) is 18.3 Å². The lowest BCUT2D eigenvalue weighted by molar-refractivity contribution is 0.181. The van der Waals surface area contributed by atoms with Crippen LogP contribution in [-0.2, 0) is 11.1 Å². The van der Waals surface area contributed by atoms with Crippen molar-refractivity contribution >= 4 is 11.1 Å². The Morgan fingerprint density at radius 2 is 2.00 bits per heavy atom. The maximum absolute atomic E-state index is 10.4. The fraction of sp³-hybridized carbons (Fsp3) is 1.00. The summed E-state index contributed by atoms with van der Waals surface area (Å²) in [5.74, 6) is 2.59. The average Bonchev–Trinajstić information content (AvgIpc) is 2.05. The van der Waals surface area contributed by atoms with Gasteiger partial charge >= 0.3 is 0 Å². The number of rotatable bonds is 2. The van der Waals surface area contributed by atoms with Crippen molar-refractivity contribution in [3.63, 3.8) is 0 Å². The first-order valence-corrected chi connectivity index (χ1v) is 5.57. The smallest absolute Gasteiger partial charge is 0.0133 e. The van der Waals surface area contributed by atoms with Crippen LogP contribution in [0.15, 0.2) is 0 Å². The lowest BCUT2D eigenvalue weighted by Gasteiger charge is -2.34. The van der Waals surface area contributed by atoms with Crippen LogP contribution in [0.4, 0.5) is 0 Å². The molecule has 2 rings (SSSR count). The second-order valence-electron chi connectivity index (χ2n) is 3.81. The molecule has 2 fully saturated rings. The third-order valence-electron chi connectivity index (χ3n) is 3.34. The molecule has 0 N–H and O–H groups in total. The van der Waals surface area contributed by atoms with E-state index in [1.165, 1.54) is 19.3 Å². The summed E-state index contributed by atoms with van der Waals surface area (Å²) in [6.45, 7) is 0. The van der Waals surface area contributed by atoms with Crippen LogP contribution < -0.4 is 0 Å². The maximum atomic E-state index is 10.4. The molecule has 64 valence electrons. The molecule has 0 aliphatic heterocycles. The van der Waals surface area contributed by atoms with Crippen LogP contribution in [0, 0.1) is 17.8 Å². The van der Waals surface area contributed by atoms with Gasteiger partial charge in [0.25, 0.3) is 0 Å². The highest BCUT2D eigenvalue weighted by molar-refractivity contribution is 7.79. The van der Waals surface area contributed by atoms with Crippen molar-refractivity contribution in [1.29, 1.82) is 0 Å². The van der Waals surface area contributed by atoms with Gasteiger partial charge in [0.2, 0.25) is 0 Å². The molecule has 0 saturated heterocycles. The average molecular weight is 173 g/mol. The third kappa shape index (κ3) is 1.36. The van der Waals surface area contributed by atoms with E-state index >= 15 is 0 Å². The quantitative estimate of drug-likeness (QED) is 0.590. The summed E-state index contributed by atoms with van der Waals surface area (Å²) >= 11 is -1.81. The van der Waals surface area contributed by atoms with Crippen LogP contribution >= 0.6 is 0 Å². The van der Waals surface area contributed by atoms with Crippen molar-refractivity contribution in [2.45, 2.75) is 25.7 Å². The zero-order valence-corrected chi connectivity index (χ0v) is 7.31. The second-order valence-corrected chi connectivity index (χ2v) is 4.75. The van der Waals surface area contributed by atoms with E-state index in [0.29, 0.717) is 11.7 Å². The van der Waals surface area contributed by atoms with Crippen molar-refractivity contribution in [1.82, 2.24) is 0 Å².